The molecule has 2 aromatic carbocycles. The Labute approximate surface area is 150 Å². The first kappa shape index (κ1) is 17.8. The second-order valence-corrected chi connectivity index (χ2v) is 6.09. The molecule has 0 fully saturated rings. The molecule has 0 aliphatic heterocycles. The van der Waals surface area contributed by atoms with Crippen LogP contribution in [0.1, 0.15) is 28.5 Å². The van der Waals surface area contributed by atoms with Crippen LogP contribution < -0.4 is 10.9 Å². The van der Waals surface area contributed by atoms with Crippen molar-refractivity contribution in [1.29, 1.82) is 0 Å². The minimum atomic E-state index is -0.285. The van der Waals surface area contributed by atoms with Gasteiger partial charge in [0.1, 0.15) is 11.5 Å². The van der Waals surface area contributed by atoms with E-state index in [1.807, 2.05) is 13.0 Å². The smallest absolute Gasteiger partial charge is 0.272 e. The molecule has 0 unspecified atom stereocenters. The van der Waals surface area contributed by atoms with Gasteiger partial charge in [-0.1, -0.05) is 12.1 Å². The molecule has 0 saturated heterocycles. The summed E-state index contributed by atoms with van der Waals surface area (Å²) >= 11 is 0. The van der Waals surface area contributed by atoms with Gasteiger partial charge in [0.2, 0.25) is 0 Å². The third kappa shape index (κ3) is 3.64. The predicted molar refractivity (Wildman–Crippen MR) is 98.9 cm³/mol. The van der Waals surface area contributed by atoms with Gasteiger partial charge in [-0.2, -0.15) is 0 Å². The second-order valence-electron chi connectivity index (χ2n) is 6.09. The van der Waals surface area contributed by atoms with Crippen LogP contribution in [0.25, 0.3) is 11.0 Å². The van der Waals surface area contributed by atoms with Crippen molar-refractivity contribution in [2.45, 2.75) is 26.8 Å². The summed E-state index contributed by atoms with van der Waals surface area (Å²) in [4.78, 5) is 28.8. The van der Waals surface area contributed by atoms with Crippen LogP contribution in [0.15, 0.2) is 47.3 Å². The summed E-state index contributed by atoms with van der Waals surface area (Å²) in [6.45, 7) is 4.51. The van der Waals surface area contributed by atoms with E-state index < -0.39 is 0 Å². The quantitative estimate of drug-likeness (QED) is 0.767. The van der Waals surface area contributed by atoms with Crippen LogP contribution >= 0.6 is 0 Å². The first-order valence-corrected chi connectivity index (χ1v) is 8.53. The molecule has 0 aliphatic rings. The zero-order valence-electron chi connectivity index (χ0n) is 14.8. The van der Waals surface area contributed by atoms with Crippen LogP contribution in [0.3, 0.4) is 0 Å². The maximum absolute atomic E-state index is 13.2. The molecular formula is C20H20FN3O2. The van der Waals surface area contributed by atoms with Crippen LogP contribution in [0, 0.1) is 12.7 Å². The highest BCUT2D eigenvalue weighted by Crippen LogP contribution is 2.13. The molecule has 0 atom stereocenters. The first-order valence-electron chi connectivity index (χ1n) is 8.53. The molecule has 1 heterocycles. The highest BCUT2D eigenvalue weighted by Gasteiger charge is 2.11. The van der Waals surface area contributed by atoms with Crippen molar-refractivity contribution in [3.05, 3.63) is 75.5 Å². The number of carbonyl (C=O) groups is 1. The van der Waals surface area contributed by atoms with Crippen LogP contribution in [0.4, 0.5) is 4.39 Å². The minimum Gasteiger partial charge on any atom is -0.352 e. The minimum absolute atomic E-state index is 0.118. The lowest BCUT2D eigenvalue weighted by Gasteiger charge is -2.10. The Morgan fingerprint density at radius 2 is 2.04 bits per heavy atom. The van der Waals surface area contributed by atoms with Crippen LogP contribution in [0.2, 0.25) is 0 Å². The van der Waals surface area contributed by atoms with Gasteiger partial charge in [-0.3, -0.25) is 9.59 Å². The first-order chi connectivity index (χ1) is 12.5. The molecule has 1 N–H and O–H groups in total. The number of hydrogen-bond acceptors (Lipinski definition) is 3. The molecule has 134 valence electrons. The van der Waals surface area contributed by atoms with Gasteiger partial charge in [-0.15, -0.1) is 0 Å². The van der Waals surface area contributed by atoms with Crippen molar-refractivity contribution < 1.29 is 9.18 Å². The van der Waals surface area contributed by atoms with E-state index >= 15 is 0 Å². The Hall–Kier alpha value is -3.02. The van der Waals surface area contributed by atoms with Crippen molar-refractivity contribution in [3.8, 4) is 0 Å². The van der Waals surface area contributed by atoms with E-state index in [1.54, 1.807) is 35.8 Å². The fourth-order valence-corrected chi connectivity index (χ4v) is 2.94. The summed E-state index contributed by atoms with van der Waals surface area (Å²) in [6, 6.07) is 11.4. The number of aryl methyl sites for hydroxylation is 2. The highest BCUT2D eigenvalue weighted by molar-refractivity contribution is 5.97. The third-order valence-electron chi connectivity index (χ3n) is 4.28. The number of carbonyl (C=O) groups excluding carboxylic acids is 1. The van der Waals surface area contributed by atoms with Crippen molar-refractivity contribution >= 4 is 16.9 Å². The fraction of sp³-hybridized carbons (Fsp3) is 0.250. The Morgan fingerprint density at radius 3 is 2.77 bits per heavy atom. The Balaban J connectivity index is 1.76. The van der Waals surface area contributed by atoms with Crippen LogP contribution in [0.5, 0.6) is 0 Å². The molecule has 6 heteroatoms. The normalized spacial score (nSPS) is 10.9. The summed E-state index contributed by atoms with van der Waals surface area (Å²) in [5, 5.41) is 2.83. The highest BCUT2D eigenvalue weighted by atomic mass is 19.1. The summed E-state index contributed by atoms with van der Waals surface area (Å²) in [5.41, 5.74) is 2.91. The molecule has 0 aliphatic carbocycles. The van der Waals surface area contributed by atoms with E-state index in [0.717, 1.165) is 5.56 Å². The zero-order chi connectivity index (χ0) is 18.7. The van der Waals surface area contributed by atoms with E-state index in [0.29, 0.717) is 41.8 Å². The van der Waals surface area contributed by atoms with E-state index in [2.05, 4.69) is 10.3 Å². The molecular weight excluding hydrogens is 333 g/mol. The second kappa shape index (κ2) is 7.47. The maximum Gasteiger partial charge on any atom is 0.272 e. The van der Waals surface area contributed by atoms with Gasteiger partial charge >= 0.3 is 0 Å². The SMILES string of the molecule is CCn1c(=O)c(C)nc2cc(C(=O)NCCc3cccc(F)c3)ccc21. The number of nitrogens with zero attached hydrogens (tertiary/aromatic N) is 2. The van der Waals surface area contributed by atoms with E-state index in [1.165, 1.54) is 12.1 Å². The number of hydrogen-bond donors (Lipinski definition) is 1. The predicted octanol–water partition coefficient (Wildman–Crippen LogP) is 2.84. The Bertz CT molecular complexity index is 1030. The number of benzene rings is 2. The lowest BCUT2D eigenvalue weighted by atomic mass is 10.1. The topological polar surface area (TPSA) is 64.0 Å². The van der Waals surface area contributed by atoms with Gasteiger partial charge in [0.15, 0.2) is 0 Å². The zero-order valence-corrected chi connectivity index (χ0v) is 14.8. The standard InChI is InChI=1S/C20H20FN3O2/c1-3-24-18-8-7-15(12-17(18)23-13(2)20(24)26)19(25)22-10-9-14-5-4-6-16(21)11-14/h4-8,11-12H,3,9-10H2,1-2H3,(H,22,25). The van der Waals surface area contributed by atoms with Gasteiger partial charge in [-0.05, 0) is 56.2 Å². The van der Waals surface area contributed by atoms with Crippen molar-refractivity contribution in [2.24, 2.45) is 0 Å². The molecule has 0 bridgehead atoms. The number of rotatable bonds is 5. The maximum atomic E-state index is 13.2. The average Bonchev–Trinajstić information content (AvgIpc) is 2.62. The number of halogens is 1. The molecule has 26 heavy (non-hydrogen) atoms. The van der Waals surface area contributed by atoms with E-state index in [-0.39, 0.29) is 17.3 Å². The van der Waals surface area contributed by atoms with Crippen LogP contribution in [-0.4, -0.2) is 22.0 Å². The van der Waals surface area contributed by atoms with E-state index in [4.69, 9.17) is 0 Å². The number of fused-ring (bicyclic) bond motifs is 1. The summed E-state index contributed by atoms with van der Waals surface area (Å²) < 4.78 is 14.8. The Kier molecular flexibility index (Phi) is 5.11. The van der Waals surface area contributed by atoms with Crippen molar-refractivity contribution in [1.82, 2.24) is 14.9 Å². The van der Waals surface area contributed by atoms with Gasteiger partial charge in [0.25, 0.3) is 11.5 Å². The van der Waals surface area contributed by atoms with Crippen molar-refractivity contribution in [2.75, 3.05) is 6.54 Å². The van der Waals surface area contributed by atoms with Crippen LogP contribution in [-0.2, 0) is 13.0 Å². The molecule has 3 rings (SSSR count). The lowest BCUT2D eigenvalue weighted by molar-refractivity contribution is 0.0954. The van der Waals surface area contributed by atoms with Crippen molar-refractivity contribution in [3.63, 3.8) is 0 Å². The largest absolute Gasteiger partial charge is 0.352 e. The Morgan fingerprint density at radius 1 is 1.23 bits per heavy atom. The summed E-state index contributed by atoms with van der Waals surface area (Å²) in [5.74, 6) is -0.510. The van der Waals surface area contributed by atoms with Gasteiger partial charge in [-0.25, -0.2) is 9.37 Å². The summed E-state index contributed by atoms with van der Waals surface area (Å²) in [7, 11) is 0. The molecule has 1 amide bonds. The summed E-state index contributed by atoms with van der Waals surface area (Å²) in [6.07, 6.45) is 0.545. The molecule has 1 aromatic heterocycles. The lowest BCUT2D eigenvalue weighted by Crippen LogP contribution is -2.26. The molecule has 0 spiro atoms. The van der Waals surface area contributed by atoms with Gasteiger partial charge < -0.3 is 9.88 Å². The number of amides is 1. The molecule has 3 aromatic rings. The fourth-order valence-electron chi connectivity index (χ4n) is 2.94. The molecule has 0 radical (unpaired) electrons. The molecule has 0 saturated carbocycles. The monoisotopic (exact) mass is 353 g/mol. The van der Waals surface area contributed by atoms with Gasteiger partial charge in [0, 0.05) is 18.7 Å². The van der Waals surface area contributed by atoms with E-state index in [9.17, 15) is 14.0 Å². The average molecular weight is 353 g/mol. The van der Waals surface area contributed by atoms with Gasteiger partial charge in [0.05, 0.1) is 11.0 Å². The number of nitrogens with one attached hydrogen (secondary N) is 1. The molecule has 5 nitrogen and oxygen atoms in total. The number of aromatic nitrogens is 2. The third-order valence-corrected chi connectivity index (χ3v) is 4.28.